The van der Waals surface area contributed by atoms with Crippen LogP contribution in [0.3, 0.4) is 0 Å². The van der Waals surface area contributed by atoms with Gasteiger partial charge in [-0.15, -0.1) is 36.4 Å². The molecule has 5 rings (SSSR count). The lowest BCUT2D eigenvalue weighted by molar-refractivity contribution is 0.0714. The van der Waals surface area contributed by atoms with Gasteiger partial charge in [-0.1, -0.05) is 46.9 Å². The molecule has 2 saturated carbocycles. The molecule has 9 heteroatoms. The van der Waals surface area contributed by atoms with Crippen LogP contribution in [0.25, 0.3) is 0 Å². The van der Waals surface area contributed by atoms with Gasteiger partial charge in [0.25, 0.3) is 0 Å². The molecule has 3 aliphatic rings. The molecule has 1 aliphatic heterocycles. The molecule has 1 heterocycles. The first-order valence-electron chi connectivity index (χ1n) is 11.2. The van der Waals surface area contributed by atoms with Crippen LogP contribution >= 0.6 is 59.6 Å². The van der Waals surface area contributed by atoms with Gasteiger partial charge < -0.3 is 15.6 Å². The fourth-order valence-corrected chi connectivity index (χ4v) is 3.79. The van der Waals surface area contributed by atoms with E-state index in [1.807, 2.05) is 0 Å². The highest BCUT2D eigenvalue weighted by Crippen LogP contribution is 2.38. The molecule has 0 spiro atoms. The van der Waals surface area contributed by atoms with Crippen molar-refractivity contribution in [1.29, 1.82) is 0 Å². The second-order valence-corrected chi connectivity index (χ2v) is 10.0. The Bertz CT molecular complexity index is 1250. The fourth-order valence-electron chi connectivity index (χ4n) is 3.44. The molecule has 2 aromatic carbocycles. The maximum atomic E-state index is 11.6. The standard InChI is InChI=1S/C14H12ClNO2.C13H14ClNO.ClH.HI/c1-14(7-6-9-2-3-9)11-8-10(15)4-5-12(11)16-13(17)18-14;1-13(16,7-6-9-2-3-9)11-8-10(14)4-5-12(11)15;;/h4-5,8-9H,2-3H2,1H3,(H,16,17);4-5,8-9,16H,2-3,15H2,1H3;2*1H/t14-;13-;;/m00../s1. The number of nitrogens with two attached hydrogens (primary N) is 1. The summed E-state index contributed by atoms with van der Waals surface area (Å²) in [5, 5.41) is 14.1. The van der Waals surface area contributed by atoms with Gasteiger partial charge in [-0.3, -0.25) is 5.32 Å². The maximum Gasteiger partial charge on any atom is 0.413 e. The zero-order chi connectivity index (χ0) is 24.5. The van der Waals surface area contributed by atoms with E-state index >= 15 is 0 Å². The molecule has 0 bridgehead atoms. The predicted molar refractivity (Wildman–Crippen MR) is 158 cm³/mol. The van der Waals surface area contributed by atoms with E-state index in [1.54, 1.807) is 50.2 Å². The van der Waals surface area contributed by atoms with Crippen LogP contribution in [0.5, 0.6) is 0 Å². The Labute approximate surface area is 245 Å². The Morgan fingerprint density at radius 1 is 1.08 bits per heavy atom. The summed E-state index contributed by atoms with van der Waals surface area (Å²) in [5.41, 5.74) is 6.28. The number of carbonyl (C=O) groups is 1. The molecule has 1 amide bonds. The van der Waals surface area contributed by atoms with Gasteiger partial charge in [0.05, 0.1) is 5.69 Å². The van der Waals surface area contributed by atoms with Crippen molar-refractivity contribution in [3.05, 3.63) is 57.6 Å². The third kappa shape index (κ3) is 7.84. The fraction of sp³-hybridized carbons (Fsp3) is 0.370. The first-order valence-corrected chi connectivity index (χ1v) is 11.9. The Morgan fingerprint density at radius 2 is 1.67 bits per heavy atom. The van der Waals surface area contributed by atoms with Crippen LogP contribution < -0.4 is 11.1 Å². The molecule has 0 saturated heterocycles. The second kappa shape index (κ2) is 12.2. The topological polar surface area (TPSA) is 84.6 Å². The predicted octanol–water partition coefficient (Wildman–Crippen LogP) is 7.11. The average Bonchev–Trinajstić information content (AvgIpc) is 3.68. The van der Waals surface area contributed by atoms with Crippen molar-refractivity contribution in [2.75, 3.05) is 11.1 Å². The number of fused-ring (bicyclic) bond motifs is 1. The smallest absolute Gasteiger partial charge is 0.413 e. The number of hydrogen-bond donors (Lipinski definition) is 3. The molecule has 36 heavy (non-hydrogen) atoms. The number of nitrogens with one attached hydrogen (secondary N) is 1. The number of ether oxygens (including phenoxy) is 1. The number of carbonyl (C=O) groups excluding carboxylic acids is 1. The van der Waals surface area contributed by atoms with Crippen molar-refractivity contribution >= 4 is 77.1 Å². The first kappa shape index (κ1) is 30.4. The maximum absolute atomic E-state index is 11.6. The van der Waals surface area contributed by atoms with E-state index in [2.05, 4.69) is 29.0 Å². The zero-order valence-electron chi connectivity index (χ0n) is 19.9. The molecule has 5 nitrogen and oxygen atoms in total. The van der Waals surface area contributed by atoms with E-state index in [0.717, 1.165) is 31.2 Å². The minimum Gasteiger partial charge on any atom is -0.425 e. The number of nitrogen functional groups attached to an aromatic ring is 1. The Hall–Kier alpha value is -1.81. The number of rotatable bonds is 1. The summed E-state index contributed by atoms with van der Waals surface area (Å²) in [6, 6.07) is 10.3. The Morgan fingerprint density at radius 3 is 2.31 bits per heavy atom. The van der Waals surface area contributed by atoms with Crippen molar-refractivity contribution in [2.45, 2.75) is 50.7 Å². The van der Waals surface area contributed by atoms with Gasteiger partial charge in [-0.2, -0.15) is 0 Å². The van der Waals surface area contributed by atoms with E-state index in [4.69, 9.17) is 33.7 Å². The minimum atomic E-state index is -1.22. The second-order valence-electron chi connectivity index (χ2n) is 9.13. The number of anilines is 2. The third-order valence-corrected chi connectivity index (χ3v) is 6.23. The molecule has 0 aromatic heterocycles. The zero-order valence-corrected chi connectivity index (χ0v) is 24.5. The van der Waals surface area contributed by atoms with Crippen molar-refractivity contribution in [1.82, 2.24) is 0 Å². The van der Waals surface area contributed by atoms with Crippen LogP contribution in [0.15, 0.2) is 36.4 Å². The SMILES string of the molecule is C[C@@]1(C#CC2CC2)OC(=O)Nc2ccc(Cl)cc21.C[C@](O)(C#CC1CC1)c1cc(Cl)ccc1N.Cl.I. The molecule has 2 aliphatic carbocycles. The van der Waals surface area contributed by atoms with Gasteiger partial charge in [0.2, 0.25) is 0 Å². The van der Waals surface area contributed by atoms with Gasteiger partial charge >= 0.3 is 6.09 Å². The molecule has 192 valence electrons. The summed E-state index contributed by atoms with van der Waals surface area (Å²) in [7, 11) is 0. The van der Waals surface area contributed by atoms with E-state index in [1.165, 1.54) is 0 Å². The van der Waals surface area contributed by atoms with Crippen molar-refractivity contribution < 1.29 is 14.6 Å². The molecule has 0 radical (unpaired) electrons. The molecular formula is C27H28Cl3IN2O3. The Balaban J connectivity index is 0.000000242. The van der Waals surface area contributed by atoms with Crippen LogP contribution in [0, 0.1) is 35.5 Å². The van der Waals surface area contributed by atoms with Gasteiger partial charge in [-0.05, 0) is 75.9 Å². The van der Waals surface area contributed by atoms with Crippen molar-refractivity contribution in [3.8, 4) is 23.7 Å². The van der Waals surface area contributed by atoms with Crippen LogP contribution in [0.4, 0.5) is 16.2 Å². The number of halogens is 4. The third-order valence-electron chi connectivity index (χ3n) is 5.76. The monoisotopic (exact) mass is 660 g/mol. The highest BCUT2D eigenvalue weighted by Gasteiger charge is 2.37. The summed E-state index contributed by atoms with van der Waals surface area (Å²) in [6.07, 6.45) is 4.06. The lowest BCUT2D eigenvalue weighted by atomic mass is 9.93. The quantitative estimate of drug-likeness (QED) is 0.173. The van der Waals surface area contributed by atoms with Gasteiger partial charge in [-0.25, -0.2) is 4.79 Å². The number of aliphatic hydroxyl groups is 1. The molecular weight excluding hydrogens is 634 g/mol. The largest absolute Gasteiger partial charge is 0.425 e. The van der Waals surface area contributed by atoms with Crippen LogP contribution in [0.2, 0.25) is 10.0 Å². The van der Waals surface area contributed by atoms with Gasteiger partial charge in [0.1, 0.15) is 5.60 Å². The van der Waals surface area contributed by atoms with E-state index in [9.17, 15) is 9.90 Å². The van der Waals surface area contributed by atoms with Gasteiger partial charge in [0, 0.05) is 38.7 Å². The molecule has 2 fully saturated rings. The van der Waals surface area contributed by atoms with Crippen molar-refractivity contribution in [3.63, 3.8) is 0 Å². The van der Waals surface area contributed by atoms with Crippen molar-refractivity contribution in [2.24, 2.45) is 11.8 Å². The van der Waals surface area contributed by atoms with E-state index in [0.29, 0.717) is 38.8 Å². The summed E-state index contributed by atoms with van der Waals surface area (Å²) in [5.74, 6) is 13.1. The molecule has 2 atom stereocenters. The Kier molecular flexibility index (Phi) is 10.3. The molecule has 0 unspecified atom stereocenters. The van der Waals surface area contributed by atoms with Gasteiger partial charge in [0.15, 0.2) is 5.60 Å². The van der Waals surface area contributed by atoms with Crippen LogP contribution in [-0.4, -0.2) is 11.2 Å². The average molecular weight is 662 g/mol. The van der Waals surface area contributed by atoms with E-state index < -0.39 is 17.3 Å². The van der Waals surface area contributed by atoms with Crippen LogP contribution in [0.1, 0.15) is 50.7 Å². The summed E-state index contributed by atoms with van der Waals surface area (Å²) in [6.45, 7) is 3.45. The summed E-state index contributed by atoms with van der Waals surface area (Å²) < 4.78 is 5.35. The van der Waals surface area contributed by atoms with Crippen LogP contribution in [-0.2, 0) is 15.9 Å². The number of amides is 1. The summed E-state index contributed by atoms with van der Waals surface area (Å²) >= 11 is 11.9. The summed E-state index contributed by atoms with van der Waals surface area (Å²) in [4.78, 5) is 11.6. The van der Waals surface area contributed by atoms with E-state index in [-0.39, 0.29) is 36.4 Å². The molecule has 2 aromatic rings. The first-order chi connectivity index (χ1) is 16.1. The minimum absolute atomic E-state index is 0. The lowest BCUT2D eigenvalue weighted by Crippen LogP contribution is -2.36. The highest BCUT2D eigenvalue weighted by atomic mass is 127. The number of cyclic esters (lactones) is 1. The highest BCUT2D eigenvalue weighted by molar-refractivity contribution is 14.0. The lowest BCUT2D eigenvalue weighted by Gasteiger charge is -2.31. The number of benzene rings is 2. The molecule has 4 N–H and O–H groups in total. The normalized spacial score (nSPS) is 20.9. The number of hydrogen-bond acceptors (Lipinski definition) is 4.